The van der Waals surface area contributed by atoms with Crippen LogP contribution in [-0.2, 0) is 22.7 Å². The fraction of sp³-hybridized carbons (Fsp3) is 0.294. The van der Waals surface area contributed by atoms with Crippen molar-refractivity contribution in [2.24, 2.45) is 0 Å². The lowest BCUT2D eigenvalue weighted by Crippen LogP contribution is -2.04. The van der Waals surface area contributed by atoms with Crippen molar-refractivity contribution in [2.45, 2.75) is 13.2 Å². The molecule has 0 spiro atoms. The first-order chi connectivity index (χ1) is 9.88. The first-order valence-corrected chi connectivity index (χ1v) is 6.71. The molecule has 2 aromatic carbocycles. The summed E-state index contributed by atoms with van der Waals surface area (Å²) >= 11 is 0. The molecule has 0 bridgehead atoms. The van der Waals surface area contributed by atoms with E-state index < -0.39 is 0 Å². The SMILES string of the molecule is COc1ccc(COCCOCc2ccccc2)cc1. The van der Waals surface area contributed by atoms with Crippen molar-refractivity contribution >= 4 is 0 Å². The molecule has 0 radical (unpaired) electrons. The topological polar surface area (TPSA) is 27.7 Å². The van der Waals surface area contributed by atoms with Crippen LogP contribution in [0.3, 0.4) is 0 Å². The highest BCUT2D eigenvalue weighted by Crippen LogP contribution is 2.11. The van der Waals surface area contributed by atoms with Crippen LogP contribution in [0.5, 0.6) is 5.75 Å². The molecule has 2 rings (SSSR count). The van der Waals surface area contributed by atoms with Gasteiger partial charge in [0.15, 0.2) is 0 Å². The Kier molecular flexibility index (Phi) is 6.08. The van der Waals surface area contributed by atoms with Crippen LogP contribution in [0.2, 0.25) is 0 Å². The summed E-state index contributed by atoms with van der Waals surface area (Å²) in [4.78, 5) is 0. The maximum absolute atomic E-state index is 5.57. The second kappa shape index (κ2) is 8.35. The van der Waals surface area contributed by atoms with E-state index in [9.17, 15) is 0 Å². The summed E-state index contributed by atoms with van der Waals surface area (Å²) in [6.07, 6.45) is 0. The van der Waals surface area contributed by atoms with Crippen molar-refractivity contribution in [2.75, 3.05) is 20.3 Å². The van der Waals surface area contributed by atoms with Crippen LogP contribution in [0.15, 0.2) is 54.6 Å². The lowest BCUT2D eigenvalue weighted by molar-refractivity contribution is 0.0339. The van der Waals surface area contributed by atoms with Gasteiger partial charge in [0.05, 0.1) is 33.5 Å². The van der Waals surface area contributed by atoms with Gasteiger partial charge in [0.2, 0.25) is 0 Å². The average molecular weight is 272 g/mol. The molecule has 20 heavy (non-hydrogen) atoms. The van der Waals surface area contributed by atoms with E-state index in [1.807, 2.05) is 42.5 Å². The van der Waals surface area contributed by atoms with E-state index in [0.717, 1.165) is 11.3 Å². The zero-order chi connectivity index (χ0) is 14.0. The van der Waals surface area contributed by atoms with Crippen LogP contribution < -0.4 is 4.74 Å². The molecule has 0 fully saturated rings. The second-order valence-electron chi connectivity index (χ2n) is 4.44. The lowest BCUT2D eigenvalue weighted by Gasteiger charge is -2.07. The monoisotopic (exact) mass is 272 g/mol. The highest BCUT2D eigenvalue weighted by atomic mass is 16.5. The van der Waals surface area contributed by atoms with Gasteiger partial charge in [-0.25, -0.2) is 0 Å². The minimum Gasteiger partial charge on any atom is -0.497 e. The highest BCUT2D eigenvalue weighted by molar-refractivity contribution is 5.26. The minimum atomic E-state index is 0.596. The quantitative estimate of drug-likeness (QED) is 0.689. The average Bonchev–Trinajstić information content (AvgIpc) is 2.52. The third-order valence-corrected chi connectivity index (χ3v) is 2.91. The molecule has 0 saturated heterocycles. The number of methoxy groups -OCH3 is 1. The Labute approximate surface area is 120 Å². The number of rotatable bonds is 8. The van der Waals surface area contributed by atoms with Crippen LogP contribution in [0.4, 0.5) is 0 Å². The van der Waals surface area contributed by atoms with Crippen LogP contribution in [-0.4, -0.2) is 20.3 Å². The zero-order valence-electron chi connectivity index (χ0n) is 11.7. The standard InChI is InChI=1S/C17H20O3/c1-18-17-9-7-16(8-10-17)14-20-12-11-19-13-15-5-3-2-4-6-15/h2-10H,11-14H2,1H3. The first kappa shape index (κ1) is 14.6. The van der Waals surface area contributed by atoms with E-state index in [1.54, 1.807) is 7.11 Å². The van der Waals surface area contributed by atoms with Gasteiger partial charge in [0, 0.05) is 0 Å². The van der Waals surface area contributed by atoms with Crippen molar-refractivity contribution in [3.05, 3.63) is 65.7 Å². The molecule has 0 unspecified atom stereocenters. The highest BCUT2D eigenvalue weighted by Gasteiger charge is 1.96. The normalized spacial score (nSPS) is 10.4. The summed E-state index contributed by atoms with van der Waals surface area (Å²) in [6, 6.07) is 18.0. The van der Waals surface area contributed by atoms with Gasteiger partial charge in [-0.3, -0.25) is 0 Å². The molecule has 3 heteroatoms. The van der Waals surface area contributed by atoms with Crippen molar-refractivity contribution in [1.29, 1.82) is 0 Å². The van der Waals surface area contributed by atoms with Gasteiger partial charge in [-0.15, -0.1) is 0 Å². The van der Waals surface area contributed by atoms with Gasteiger partial charge in [-0.1, -0.05) is 42.5 Å². The van der Waals surface area contributed by atoms with Gasteiger partial charge in [0.25, 0.3) is 0 Å². The van der Waals surface area contributed by atoms with Gasteiger partial charge < -0.3 is 14.2 Å². The summed E-state index contributed by atoms with van der Waals surface area (Å²) in [7, 11) is 1.66. The Morgan fingerprint density at radius 3 is 1.80 bits per heavy atom. The van der Waals surface area contributed by atoms with E-state index in [-0.39, 0.29) is 0 Å². The summed E-state index contributed by atoms with van der Waals surface area (Å²) in [6.45, 7) is 2.43. The Balaban J connectivity index is 1.57. The molecule has 0 aliphatic carbocycles. The van der Waals surface area contributed by atoms with Crippen molar-refractivity contribution < 1.29 is 14.2 Å². The number of benzene rings is 2. The molecular formula is C17H20O3. The second-order valence-corrected chi connectivity index (χ2v) is 4.44. The van der Waals surface area contributed by atoms with Crippen molar-refractivity contribution in [3.63, 3.8) is 0 Å². The Morgan fingerprint density at radius 1 is 0.700 bits per heavy atom. The third-order valence-electron chi connectivity index (χ3n) is 2.91. The minimum absolute atomic E-state index is 0.596. The smallest absolute Gasteiger partial charge is 0.118 e. The Hall–Kier alpha value is -1.84. The molecule has 0 aromatic heterocycles. The molecule has 0 amide bonds. The zero-order valence-corrected chi connectivity index (χ0v) is 11.7. The maximum Gasteiger partial charge on any atom is 0.118 e. The molecule has 0 atom stereocenters. The molecule has 3 nitrogen and oxygen atoms in total. The summed E-state index contributed by atoms with van der Waals surface area (Å²) < 4.78 is 16.2. The van der Waals surface area contributed by atoms with E-state index in [1.165, 1.54) is 5.56 Å². The fourth-order valence-corrected chi connectivity index (χ4v) is 1.79. The van der Waals surface area contributed by atoms with E-state index in [2.05, 4.69) is 12.1 Å². The van der Waals surface area contributed by atoms with Gasteiger partial charge in [-0.05, 0) is 23.3 Å². The van der Waals surface area contributed by atoms with Gasteiger partial charge in [0.1, 0.15) is 5.75 Å². The molecular weight excluding hydrogens is 252 g/mol. The lowest BCUT2D eigenvalue weighted by atomic mass is 10.2. The predicted octanol–water partition coefficient (Wildman–Crippen LogP) is 3.43. The maximum atomic E-state index is 5.57. The molecule has 0 N–H and O–H groups in total. The molecule has 0 aliphatic heterocycles. The van der Waals surface area contributed by atoms with Crippen LogP contribution in [0.25, 0.3) is 0 Å². The van der Waals surface area contributed by atoms with Crippen molar-refractivity contribution in [3.8, 4) is 5.75 Å². The largest absolute Gasteiger partial charge is 0.497 e. The van der Waals surface area contributed by atoms with E-state index in [4.69, 9.17) is 14.2 Å². The molecule has 0 saturated carbocycles. The van der Waals surface area contributed by atoms with Gasteiger partial charge in [-0.2, -0.15) is 0 Å². The van der Waals surface area contributed by atoms with E-state index in [0.29, 0.717) is 26.4 Å². The molecule has 0 aliphatic rings. The van der Waals surface area contributed by atoms with Crippen LogP contribution >= 0.6 is 0 Å². The molecule has 0 heterocycles. The number of ether oxygens (including phenoxy) is 3. The molecule has 106 valence electrons. The van der Waals surface area contributed by atoms with Crippen LogP contribution in [0.1, 0.15) is 11.1 Å². The summed E-state index contributed by atoms with van der Waals surface area (Å²) in [5.41, 5.74) is 2.32. The predicted molar refractivity (Wildman–Crippen MR) is 78.7 cm³/mol. The summed E-state index contributed by atoms with van der Waals surface area (Å²) in [5, 5.41) is 0. The Bertz CT molecular complexity index is 479. The first-order valence-electron chi connectivity index (χ1n) is 6.71. The van der Waals surface area contributed by atoms with E-state index >= 15 is 0 Å². The third kappa shape index (κ3) is 5.03. The fourth-order valence-electron chi connectivity index (χ4n) is 1.79. The van der Waals surface area contributed by atoms with Gasteiger partial charge >= 0.3 is 0 Å². The molecule has 2 aromatic rings. The number of hydrogen-bond acceptors (Lipinski definition) is 3. The Morgan fingerprint density at radius 2 is 1.25 bits per heavy atom. The number of hydrogen-bond donors (Lipinski definition) is 0. The summed E-state index contributed by atoms with van der Waals surface area (Å²) in [5.74, 6) is 0.861. The van der Waals surface area contributed by atoms with Crippen molar-refractivity contribution in [1.82, 2.24) is 0 Å². The van der Waals surface area contributed by atoms with Crippen LogP contribution in [0, 0.1) is 0 Å².